The fourth-order valence-electron chi connectivity index (χ4n) is 2.65. The van der Waals surface area contributed by atoms with Crippen LogP contribution in [0.2, 0.25) is 0 Å². The number of nitrogens with zero attached hydrogens (tertiary/aromatic N) is 3. The average molecular weight is 335 g/mol. The highest BCUT2D eigenvalue weighted by atomic mass is 32.2. The van der Waals surface area contributed by atoms with Gasteiger partial charge in [0.1, 0.15) is 0 Å². The number of aromatic nitrogens is 2. The van der Waals surface area contributed by atoms with Crippen LogP contribution in [0.5, 0.6) is 0 Å². The summed E-state index contributed by atoms with van der Waals surface area (Å²) in [5, 5.41) is 0. The quantitative estimate of drug-likeness (QED) is 0.598. The van der Waals surface area contributed by atoms with Gasteiger partial charge in [0, 0.05) is 49.3 Å². The normalized spacial score (nSPS) is 10.9. The highest BCUT2D eigenvalue weighted by Crippen LogP contribution is 2.18. The molecule has 3 nitrogen and oxygen atoms in total. The number of hydrogen-bond donors (Lipinski definition) is 0. The van der Waals surface area contributed by atoms with Crippen LogP contribution < -0.4 is 0 Å². The van der Waals surface area contributed by atoms with Gasteiger partial charge in [-0.2, -0.15) is 0 Å². The van der Waals surface area contributed by atoms with Crippen molar-refractivity contribution in [1.29, 1.82) is 0 Å². The topological polar surface area (TPSA) is 29.0 Å². The van der Waals surface area contributed by atoms with Gasteiger partial charge in [-0.1, -0.05) is 18.2 Å². The molecule has 0 saturated carbocycles. The standard InChI is InChI=1S/C20H21N3S/c1-24-20-6-4-17(5-7-20)14-23(15-18-8-11-21-12-9-18)16-19-3-2-10-22-13-19/h2-13H,14-16H2,1H3. The molecule has 0 unspecified atom stereocenters. The van der Waals surface area contributed by atoms with Crippen molar-refractivity contribution in [3.63, 3.8) is 0 Å². The fraction of sp³-hybridized carbons (Fsp3) is 0.200. The van der Waals surface area contributed by atoms with E-state index in [-0.39, 0.29) is 0 Å². The highest BCUT2D eigenvalue weighted by molar-refractivity contribution is 7.98. The molecule has 0 aliphatic rings. The van der Waals surface area contributed by atoms with E-state index in [1.54, 1.807) is 11.8 Å². The molecule has 0 aliphatic carbocycles. The molecule has 0 atom stereocenters. The summed E-state index contributed by atoms with van der Waals surface area (Å²) in [6, 6.07) is 17.1. The lowest BCUT2D eigenvalue weighted by molar-refractivity contribution is 0.247. The smallest absolute Gasteiger partial charge is 0.0312 e. The Bertz CT molecular complexity index is 688. The number of hydrogen-bond acceptors (Lipinski definition) is 4. The minimum atomic E-state index is 0.875. The molecule has 1 aromatic carbocycles. The molecule has 24 heavy (non-hydrogen) atoms. The van der Waals surface area contributed by atoms with Gasteiger partial charge in [0.05, 0.1) is 0 Å². The van der Waals surface area contributed by atoms with E-state index >= 15 is 0 Å². The van der Waals surface area contributed by atoms with Crippen LogP contribution in [0.25, 0.3) is 0 Å². The van der Waals surface area contributed by atoms with Crippen LogP contribution in [0.15, 0.2) is 78.2 Å². The van der Waals surface area contributed by atoms with Crippen LogP contribution in [-0.2, 0) is 19.6 Å². The molecule has 3 aromatic rings. The maximum absolute atomic E-state index is 4.24. The molecule has 0 aliphatic heterocycles. The molecule has 122 valence electrons. The molecule has 0 fully saturated rings. The van der Waals surface area contributed by atoms with Crippen LogP contribution in [0.1, 0.15) is 16.7 Å². The Balaban J connectivity index is 1.75. The zero-order chi connectivity index (χ0) is 16.6. The largest absolute Gasteiger partial charge is 0.291 e. The number of pyridine rings is 2. The molecule has 3 rings (SSSR count). The zero-order valence-corrected chi connectivity index (χ0v) is 14.6. The van der Waals surface area contributed by atoms with Gasteiger partial charge < -0.3 is 0 Å². The first-order valence-electron chi connectivity index (χ1n) is 7.96. The second-order valence-corrected chi connectivity index (χ2v) is 6.59. The maximum Gasteiger partial charge on any atom is 0.0312 e. The van der Waals surface area contributed by atoms with Crippen molar-refractivity contribution in [3.8, 4) is 0 Å². The number of thioether (sulfide) groups is 1. The summed E-state index contributed by atoms with van der Waals surface area (Å²) in [7, 11) is 0. The van der Waals surface area contributed by atoms with Gasteiger partial charge in [-0.25, -0.2) is 0 Å². The SMILES string of the molecule is CSc1ccc(CN(Cc2ccncc2)Cc2cccnc2)cc1. The van der Waals surface area contributed by atoms with Crippen molar-refractivity contribution >= 4 is 11.8 Å². The van der Waals surface area contributed by atoms with E-state index in [9.17, 15) is 0 Å². The molecule has 0 N–H and O–H groups in total. The van der Waals surface area contributed by atoms with Gasteiger partial charge in [0.15, 0.2) is 0 Å². The molecule has 4 heteroatoms. The van der Waals surface area contributed by atoms with Gasteiger partial charge in [-0.05, 0) is 53.3 Å². The summed E-state index contributed by atoms with van der Waals surface area (Å²) in [5.74, 6) is 0. The van der Waals surface area contributed by atoms with E-state index in [1.165, 1.54) is 21.6 Å². The van der Waals surface area contributed by atoms with Crippen molar-refractivity contribution in [1.82, 2.24) is 14.9 Å². The van der Waals surface area contributed by atoms with Gasteiger partial charge in [0.25, 0.3) is 0 Å². The first-order valence-corrected chi connectivity index (χ1v) is 9.19. The predicted molar refractivity (Wildman–Crippen MR) is 99.6 cm³/mol. The second kappa shape index (κ2) is 8.62. The van der Waals surface area contributed by atoms with Crippen molar-refractivity contribution in [2.45, 2.75) is 24.5 Å². The second-order valence-electron chi connectivity index (χ2n) is 5.71. The Morgan fingerprint density at radius 1 is 0.750 bits per heavy atom. The number of benzene rings is 1. The van der Waals surface area contributed by atoms with Gasteiger partial charge in [-0.15, -0.1) is 11.8 Å². The van der Waals surface area contributed by atoms with E-state index < -0.39 is 0 Å². The van der Waals surface area contributed by atoms with Crippen LogP contribution >= 0.6 is 11.8 Å². The summed E-state index contributed by atoms with van der Waals surface area (Å²) in [6.07, 6.45) is 9.57. The molecule has 0 amide bonds. The van der Waals surface area contributed by atoms with Crippen LogP contribution in [0.3, 0.4) is 0 Å². The van der Waals surface area contributed by atoms with Crippen molar-refractivity contribution in [2.75, 3.05) is 6.26 Å². The van der Waals surface area contributed by atoms with E-state index in [0.29, 0.717) is 0 Å². The lowest BCUT2D eigenvalue weighted by Gasteiger charge is -2.22. The van der Waals surface area contributed by atoms with Crippen molar-refractivity contribution in [3.05, 3.63) is 90.0 Å². The highest BCUT2D eigenvalue weighted by Gasteiger charge is 2.09. The van der Waals surface area contributed by atoms with Gasteiger partial charge in [-0.3, -0.25) is 14.9 Å². The Labute approximate surface area is 147 Å². The first-order chi connectivity index (χ1) is 11.8. The van der Waals surface area contributed by atoms with Crippen molar-refractivity contribution in [2.24, 2.45) is 0 Å². The molecule has 0 radical (unpaired) electrons. The van der Waals surface area contributed by atoms with Gasteiger partial charge >= 0.3 is 0 Å². The minimum Gasteiger partial charge on any atom is -0.291 e. The molecule has 0 bridgehead atoms. The molecule has 0 spiro atoms. The Hall–Kier alpha value is -2.17. The summed E-state index contributed by atoms with van der Waals surface area (Å²) in [5.41, 5.74) is 3.83. The summed E-state index contributed by atoms with van der Waals surface area (Å²) in [4.78, 5) is 12.1. The summed E-state index contributed by atoms with van der Waals surface area (Å²) in [6.45, 7) is 2.67. The summed E-state index contributed by atoms with van der Waals surface area (Å²) >= 11 is 1.77. The average Bonchev–Trinajstić information content (AvgIpc) is 2.64. The third-order valence-electron chi connectivity index (χ3n) is 3.85. The lowest BCUT2D eigenvalue weighted by Crippen LogP contribution is -2.22. The van der Waals surface area contributed by atoms with Crippen LogP contribution in [0, 0.1) is 0 Å². The lowest BCUT2D eigenvalue weighted by atomic mass is 10.1. The minimum absolute atomic E-state index is 0.875. The molecule has 0 saturated heterocycles. The van der Waals surface area contributed by atoms with Gasteiger partial charge in [0.2, 0.25) is 0 Å². The number of rotatable bonds is 7. The Kier molecular flexibility index (Phi) is 5.99. The third kappa shape index (κ3) is 4.91. The van der Waals surface area contributed by atoms with E-state index in [0.717, 1.165) is 19.6 Å². The van der Waals surface area contributed by atoms with E-state index in [2.05, 4.69) is 63.6 Å². The van der Waals surface area contributed by atoms with E-state index in [1.807, 2.05) is 30.9 Å². The third-order valence-corrected chi connectivity index (χ3v) is 4.59. The zero-order valence-electron chi connectivity index (χ0n) is 13.8. The molecule has 2 aromatic heterocycles. The van der Waals surface area contributed by atoms with Crippen LogP contribution in [-0.4, -0.2) is 21.1 Å². The fourth-order valence-corrected chi connectivity index (χ4v) is 3.06. The first kappa shape index (κ1) is 16.7. The summed E-state index contributed by atoms with van der Waals surface area (Å²) < 4.78 is 0. The van der Waals surface area contributed by atoms with E-state index in [4.69, 9.17) is 0 Å². The molecule has 2 heterocycles. The maximum atomic E-state index is 4.24. The van der Waals surface area contributed by atoms with Crippen molar-refractivity contribution < 1.29 is 0 Å². The molecular formula is C20H21N3S. The Morgan fingerprint density at radius 2 is 1.42 bits per heavy atom. The predicted octanol–water partition coefficient (Wildman–Crippen LogP) is 4.40. The van der Waals surface area contributed by atoms with Crippen LogP contribution in [0.4, 0.5) is 0 Å². The molecular weight excluding hydrogens is 314 g/mol. The monoisotopic (exact) mass is 335 g/mol. The Morgan fingerprint density at radius 3 is 2.04 bits per heavy atom.